The highest BCUT2D eigenvalue weighted by Crippen LogP contribution is 2.46. The molecule has 3 N–H and O–H groups in total. The van der Waals surface area contributed by atoms with Gasteiger partial charge in [-0.3, -0.25) is 4.79 Å². The third-order valence-electron chi connectivity index (χ3n) is 4.57. The van der Waals surface area contributed by atoms with Crippen LogP contribution >= 0.6 is 11.3 Å². The van der Waals surface area contributed by atoms with Crippen LogP contribution in [0, 0.1) is 0 Å². The standard InChI is InChI=1S/C24H20O5S.H2O/c1-15(25)17-5-12-21-22(13-17)30-24(16-3-8-19(9-4-16)28-14-27-2)23(21)29-20-10-6-18(26)7-11-20;/h3-13,26H,14H2,1-2H3;1H2. The van der Waals surface area contributed by atoms with Gasteiger partial charge in [-0.05, 0) is 73.2 Å². The number of aromatic hydroxyl groups is 1. The number of phenols is 1. The van der Waals surface area contributed by atoms with Crippen LogP contribution < -0.4 is 9.47 Å². The van der Waals surface area contributed by atoms with Crippen molar-refractivity contribution in [1.82, 2.24) is 0 Å². The van der Waals surface area contributed by atoms with Gasteiger partial charge >= 0.3 is 0 Å². The summed E-state index contributed by atoms with van der Waals surface area (Å²) < 4.78 is 17.6. The molecule has 1 aromatic heterocycles. The van der Waals surface area contributed by atoms with Crippen LogP contribution in [0.2, 0.25) is 0 Å². The molecule has 0 radical (unpaired) electrons. The van der Waals surface area contributed by atoms with E-state index in [9.17, 15) is 9.90 Å². The first kappa shape index (κ1) is 22.3. The molecular weight excluding hydrogens is 416 g/mol. The molecule has 0 spiro atoms. The second-order valence-electron chi connectivity index (χ2n) is 6.70. The Bertz CT molecular complexity index is 1180. The van der Waals surface area contributed by atoms with E-state index in [1.807, 2.05) is 42.5 Å². The molecule has 31 heavy (non-hydrogen) atoms. The minimum absolute atomic E-state index is 0. The first-order valence-electron chi connectivity index (χ1n) is 9.31. The van der Waals surface area contributed by atoms with Crippen molar-refractivity contribution in [3.8, 4) is 33.4 Å². The number of methoxy groups -OCH3 is 1. The molecule has 1 heterocycles. The third-order valence-corrected chi connectivity index (χ3v) is 5.75. The fourth-order valence-corrected chi connectivity index (χ4v) is 4.22. The van der Waals surface area contributed by atoms with E-state index in [-0.39, 0.29) is 23.8 Å². The maximum atomic E-state index is 11.8. The Balaban J connectivity index is 0.00000272. The molecule has 0 fully saturated rings. The van der Waals surface area contributed by atoms with Crippen LogP contribution in [0.3, 0.4) is 0 Å². The summed E-state index contributed by atoms with van der Waals surface area (Å²) in [5.74, 6) is 2.23. The van der Waals surface area contributed by atoms with Gasteiger partial charge in [-0.15, -0.1) is 11.3 Å². The van der Waals surface area contributed by atoms with Gasteiger partial charge in [-0.1, -0.05) is 6.07 Å². The van der Waals surface area contributed by atoms with Crippen molar-refractivity contribution in [2.45, 2.75) is 6.92 Å². The number of carbonyl (C=O) groups excluding carboxylic acids is 1. The quantitative estimate of drug-likeness (QED) is 0.307. The number of hydrogen-bond donors (Lipinski definition) is 1. The smallest absolute Gasteiger partial charge is 0.188 e. The molecule has 160 valence electrons. The van der Waals surface area contributed by atoms with E-state index in [2.05, 4.69) is 0 Å². The van der Waals surface area contributed by atoms with E-state index < -0.39 is 0 Å². The van der Waals surface area contributed by atoms with Crippen molar-refractivity contribution >= 4 is 27.2 Å². The molecule has 0 amide bonds. The van der Waals surface area contributed by atoms with Gasteiger partial charge < -0.3 is 24.8 Å². The fraction of sp³-hybridized carbons (Fsp3) is 0.125. The second-order valence-corrected chi connectivity index (χ2v) is 7.75. The maximum absolute atomic E-state index is 11.8. The van der Waals surface area contributed by atoms with Crippen molar-refractivity contribution in [2.75, 3.05) is 13.9 Å². The predicted molar refractivity (Wildman–Crippen MR) is 122 cm³/mol. The zero-order chi connectivity index (χ0) is 21.1. The number of fused-ring (bicyclic) bond motifs is 1. The summed E-state index contributed by atoms with van der Waals surface area (Å²) in [6, 6.07) is 19.9. The van der Waals surface area contributed by atoms with Gasteiger partial charge in [0.2, 0.25) is 0 Å². The molecule has 3 aromatic carbocycles. The number of thiophene rings is 1. The van der Waals surface area contributed by atoms with Gasteiger partial charge in [0, 0.05) is 22.8 Å². The van der Waals surface area contributed by atoms with E-state index in [1.54, 1.807) is 49.6 Å². The molecule has 0 saturated carbocycles. The lowest BCUT2D eigenvalue weighted by molar-refractivity contribution is 0.0511. The normalized spacial score (nSPS) is 10.5. The summed E-state index contributed by atoms with van der Waals surface area (Å²) in [5.41, 5.74) is 1.63. The van der Waals surface area contributed by atoms with Crippen molar-refractivity contribution in [1.29, 1.82) is 0 Å². The Labute approximate surface area is 183 Å². The molecule has 6 nitrogen and oxygen atoms in total. The van der Waals surface area contributed by atoms with Crippen LogP contribution in [0.1, 0.15) is 17.3 Å². The Kier molecular flexibility index (Phi) is 6.91. The molecule has 4 aromatic rings. The van der Waals surface area contributed by atoms with Crippen LogP contribution in [0.5, 0.6) is 23.0 Å². The highest BCUT2D eigenvalue weighted by molar-refractivity contribution is 7.22. The highest BCUT2D eigenvalue weighted by atomic mass is 32.1. The molecule has 0 saturated heterocycles. The Morgan fingerprint density at radius 1 is 0.968 bits per heavy atom. The van der Waals surface area contributed by atoms with Gasteiger partial charge in [0.15, 0.2) is 18.3 Å². The average molecular weight is 439 g/mol. The van der Waals surface area contributed by atoms with E-state index in [0.717, 1.165) is 20.5 Å². The molecule has 4 rings (SSSR count). The van der Waals surface area contributed by atoms with Gasteiger partial charge in [0.1, 0.15) is 17.2 Å². The van der Waals surface area contributed by atoms with Crippen LogP contribution in [-0.4, -0.2) is 30.3 Å². The van der Waals surface area contributed by atoms with Gasteiger partial charge in [0.05, 0.1) is 4.88 Å². The molecule has 0 bridgehead atoms. The monoisotopic (exact) mass is 438 g/mol. The first-order chi connectivity index (χ1) is 14.5. The summed E-state index contributed by atoms with van der Waals surface area (Å²) >= 11 is 1.56. The van der Waals surface area contributed by atoms with Crippen molar-refractivity contribution < 1.29 is 29.6 Å². The molecule has 0 unspecified atom stereocenters. The molecular formula is C24H22O6S. The van der Waals surface area contributed by atoms with Crippen LogP contribution in [0.25, 0.3) is 20.5 Å². The Hall–Kier alpha value is -3.39. The van der Waals surface area contributed by atoms with Crippen LogP contribution in [0.15, 0.2) is 66.7 Å². The molecule has 0 aliphatic rings. The topological polar surface area (TPSA) is 96.5 Å². The summed E-state index contributed by atoms with van der Waals surface area (Å²) in [6.07, 6.45) is 0. The van der Waals surface area contributed by atoms with Gasteiger partial charge in [-0.25, -0.2) is 0 Å². The van der Waals surface area contributed by atoms with Crippen molar-refractivity contribution in [3.63, 3.8) is 0 Å². The summed E-state index contributed by atoms with van der Waals surface area (Å²) in [4.78, 5) is 12.8. The first-order valence-corrected chi connectivity index (χ1v) is 10.1. The summed E-state index contributed by atoms with van der Waals surface area (Å²) in [7, 11) is 1.58. The zero-order valence-electron chi connectivity index (χ0n) is 17.0. The van der Waals surface area contributed by atoms with E-state index in [1.165, 1.54) is 0 Å². The van der Waals surface area contributed by atoms with Gasteiger partial charge in [0.25, 0.3) is 0 Å². The number of ether oxygens (including phenoxy) is 3. The lowest BCUT2D eigenvalue weighted by Gasteiger charge is -2.09. The van der Waals surface area contributed by atoms with Crippen molar-refractivity contribution in [3.05, 3.63) is 72.3 Å². The van der Waals surface area contributed by atoms with E-state index in [4.69, 9.17) is 14.2 Å². The number of ketones is 1. The number of carbonyl (C=O) groups is 1. The largest absolute Gasteiger partial charge is 0.508 e. The van der Waals surface area contributed by atoms with E-state index in [0.29, 0.717) is 22.8 Å². The zero-order valence-corrected chi connectivity index (χ0v) is 17.9. The average Bonchev–Trinajstić information content (AvgIpc) is 3.11. The van der Waals surface area contributed by atoms with Crippen LogP contribution in [-0.2, 0) is 4.74 Å². The number of Topliss-reactive ketones (excluding diaryl/α,β-unsaturated/α-hetero) is 1. The maximum Gasteiger partial charge on any atom is 0.188 e. The minimum Gasteiger partial charge on any atom is -0.508 e. The number of rotatable bonds is 7. The number of hydrogen-bond acceptors (Lipinski definition) is 6. The number of phenolic OH excluding ortho intramolecular Hbond substituents is 1. The lowest BCUT2D eigenvalue weighted by Crippen LogP contribution is -1.98. The second kappa shape index (κ2) is 9.61. The third kappa shape index (κ3) is 4.86. The number of benzene rings is 3. The van der Waals surface area contributed by atoms with E-state index >= 15 is 0 Å². The molecule has 0 atom stereocenters. The predicted octanol–water partition coefficient (Wildman–Crippen LogP) is 5.43. The fourth-order valence-electron chi connectivity index (χ4n) is 3.04. The lowest BCUT2D eigenvalue weighted by atomic mass is 10.1. The van der Waals surface area contributed by atoms with Gasteiger partial charge in [-0.2, -0.15) is 0 Å². The van der Waals surface area contributed by atoms with Crippen LogP contribution in [0.4, 0.5) is 0 Å². The summed E-state index contributed by atoms with van der Waals surface area (Å²) in [5, 5.41) is 10.5. The molecule has 7 heteroatoms. The Morgan fingerprint density at radius 3 is 2.29 bits per heavy atom. The Morgan fingerprint density at radius 2 is 1.65 bits per heavy atom. The van der Waals surface area contributed by atoms with Crippen molar-refractivity contribution in [2.24, 2.45) is 0 Å². The molecule has 0 aliphatic carbocycles. The SMILES string of the molecule is COCOc1ccc(-c2sc3cc(C(C)=O)ccc3c2Oc2ccc(O)cc2)cc1.O. The minimum atomic E-state index is 0. The highest BCUT2D eigenvalue weighted by Gasteiger charge is 2.17. The summed E-state index contributed by atoms with van der Waals surface area (Å²) in [6.45, 7) is 1.74. The molecule has 0 aliphatic heterocycles.